The van der Waals surface area contributed by atoms with Crippen molar-refractivity contribution in [2.75, 3.05) is 25.5 Å². The van der Waals surface area contributed by atoms with E-state index in [-0.39, 0.29) is 12.5 Å². The van der Waals surface area contributed by atoms with E-state index in [4.69, 9.17) is 0 Å². The summed E-state index contributed by atoms with van der Waals surface area (Å²) in [6, 6.07) is 20.9. The number of nitrogens with one attached hydrogen (secondary N) is 2. The van der Waals surface area contributed by atoms with E-state index in [1.807, 2.05) is 79.7 Å². The Hall–Kier alpha value is -3.67. The lowest BCUT2D eigenvalue weighted by Crippen LogP contribution is -2.35. The molecule has 0 aliphatic carbocycles. The standard InChI is InChI=1S/C22H22N4O2/c1-26(2)18-12-10-16(11-13-18)14-24-25-21(27)15-23-22(28)20-9-5-7-17-6-3-4-8-19(17)20/h3-14H,15H2,1-2H3,(H,23,28)(H,25,27)/b24-14-. The van der Waals surface area contributed by atoms with E-state index in [9.17, 15) is 9.59 Å². The van der Waals surface area contributed by atoms with E-state index in [0.29, 0.717) is 5.56 Å². The average Bonchev–Trinajstić information content (AvgIpc) is 2.72. The number of fused-ring (bicyclic) bond motifs is 1. The van der Waals surface area contributed by atoms with Gasteiger partial charge in [-0.15, -0.1) is 0 Å². The minimum Gasteiger partial charge on any atom is -0.378 e. The summed E-state index contributed by atoms with van der Waals surface area (Å²) >= 11 is 0. The van der Waals surface area contributed by atoms with Crippen LogP contribution in [0.15, 0.2) is 71.8 Å². The zero-order chi connectivity index (χ0) is 19.9. The molecule has 3 aromatic rings. The third-order valence-corrected chi connectivity index (χ3v) is 4.26. The largest absolute Gasteiger partial charge is 0.378 e. The molecule has 0 radical (unpaired) electrons. The van der Waals surface area contributed by atoms with Crippen LogP contribution >= 0.6 is 0 Å². The highest BCUT2D eigenvalue weighted by Crippen LogP contribution is 2.18. The van der Waals surface area contributed by atoms with Gasteiger partial charge in [0.2, 0.25) is 0 Å². The zero-order valence-electron chi connectivity index (χ0n) is 15.8. The molecule has 0 aromatic heterocycles. The second-order valence-electron chi connectivity index (χ2n) is 6.49. The van der Waals surface area contributed by atoms with Crippen molar-refractivity contribution in [2.24, 2.45) is 5.10 Å². The number of carbonyl (C=O) groups is 2. The summed E-state index contributed by atoms with van der Waals surface area (Å²) in [6.45, 7) is -0.154. The van der Waals surface area contributed by atoms with Crippen LogP contribution in [-0.4, -0.2) is 38.7 Å². The smallest absolute Gasteiger partial charge is 0.259 e. The first-order valence-corrected chi connectivity index (χ1v) is 8.90. The van der Waals surface area contributed by atoms with Gasteiger partial charge in [0, 0.05) is 25.3 Å². The van der Waals surface area contributed by atoms with Crippen LogP contribution in [0, 0.1) is 0 Å². The van der Waals surface area contributed by atoms with E-state index >= 15 is 0 Å². The number of amides is 2. The predicted molar refractivity (Wildman–Crippen MR) is 113 cm³/mol. The number of benzene rings is 3. The summed E-state index contributed by atoms with van der Waals surface area (Å²) in [7, 11) is 3.94. The van der Waals surface area contributed by atoms with Crippen molar-refractivity contribution in [3.63, 3.8) is 0 Å². The number of rotatable bonds is 6. The fourth-order valence-corrected chi connectivity index (χ4v) is 2.76. The number of hydrogen-bond acceptors (Lipinski definition) is 4. The molecule has 3 aromatic carbocycles. The molecule has 0 spiro atoms. The quantitative estimate of drug-likeness (QED) is 0.515. The Balaban J connectivity index is 1.53. The predicted octanol–water partition coefficient (Wildman–Crippen LogP) is 2.79. The molecule has 0 aliphatic rings. The average molecular weight is 374 g/mol. The highest BCUT2D eigenvalue weighted by Gasteiger charge is 2.10. The van der Waals surface area contributed by atoms with Gasteiger partial charge in [0.05, 0.1) is 12.8 Å². The maximum atomic E-state index is 12.4. The number of nitrogens with zero attached hydrogens (tertiary/aromatic N) is 2. The first-order chi connectivity index (χ1) is 13.5. The lowest BCUT2D eigenvalue weighted by Gasteiger charge is -2.11. The first-order valence-electron chi connectivity index (χ1n) is 8.90. The second kappa shape index (κ2) is 8.81. The normalized spacial score (nSPS) is 10.8. The van der Waals surface area contributed by atoms with Crippen LogP contribution in [0.3, 0.4) is 0 Å². The molecule has 0 saturated heterocycles. The lowest BCUT2D eigenvalue weighted by molar-refractivity contribution is -0.120. The molecular weight excluding hydrogens is 352 g/mol. The molecule has 0 bridgehead atoms. The van der Waals surface area contributed by atoms with Gasteiger partial charge in [-0.3, -0.25) is 9.59 Å². The van der Waals surface area contributed by atoms with E-state index in [1.54, 1.807) is 12.3 Å². The Morgan fingerprint density at radius 1 is 0.964 bits per heavy atom. The van der Waals surface area contributed by atoms with Crippen LogP contribution < -0.4 is 15.6 Å². The molecule has 0 saturated carbocycles. The molecule has 2 amide bonds. The van der Waals surface area contributed by atoms with Crippen molar-refractivity contribution >= 4 is 34.5 Å². The Bertz CT molecular complexity index is 1010. The highest BCUT2D eigenvalue weighted by molar-refractivity contribution is 6.07. The number of hydrogen-bond donors (Lipinski definition) is 2. The Kier molecular flexibility index (Phi) is 6.01. The summed E-state index contributed by atoms with van der Waals surface area (Å²) in [5.74, 6) is -0.690. The molecule has 142 valence electrons. The van der Waals surface area contributed by atoms with Gasteiger partial charge >= 0.3 is 0 Å². The molecule has 0 atom stereocenters. The van der Waals surface area contributed by atoms with Crippen molar-refractivity contribution in [1.29, 1.82) is 0 Å². The summed E-state index contributed by atoms with van der Waals surface area (Å²) in [5, 5.41) is 8.38. The van der Waals surface area contributed by atoms with Gasteiger partial charge in [-0.1, -0.05) is 48.5 Å². The van der Waals surface area contributed by atoms with Crippen LogP contribution in [0.25, 0.3) is 10.8 Å². The second-order valence-corrected chi connectivity index (χ2v) is 6.49. The zero-order valence-corrected chi connectivity index (χ0v) is 15.8. The molecule has 0 aliphatic heterocycles. The molecule has 0 unspecified atom stereocenters. The van der Waals surface area contributed by atoms with Gasteiger partial charge in [-0.2, -0.15) is 5.10 Å². The molecule has 0 heterocycles. The topological polar surface area (TPSA) is 73.8 Å². The Morgan fingerprint density at radius 3 is 2.43 bits per heavy atom. The van der Waals surface area contributed by atoms with E-state index in [0.717, 1.165) is 22.0 Å². The van der Waals surface area contributed by atoms with Gasteiger partial charge < -0.3 is 10.2 Å². The molecule has 28 heavy (non-hydrogen) atoms. The number of anilines is 1. The first kappa shape index (κ1) is 19.1. The molecular formula is C22H22N4O2. The van der Waals surface area contributed by atoms with Crippen LogP contribution in [0.4, 0.5) is 5.69 Å². The molecule has 0 fully saturated rings. The minimum absolute atomic E-state index is 0.154. The maximum absolute atomic E-state index is 12.4. The highest BCUT2D eigenvalue weighted by atomic mass is 16.2. The fraction of sp³-hybridized carbons (Fsp3) is 0.136. The van der Waals surface area contributed by atoms with Crippen molar-refractivity contribution in [2.45, 2.75) is 0 Å². The summed E-state index contributed by atoms with van der Waals surface area (Å²) < 4.78 is 0. The van der Waals surface area contributed by atoms with Gasteiger partial charge in [0.1, 0.15) is 0 Å². The van der Waals surface area contributed by atoms with E-state index in [1.165, 1.54) is 0 Å². The van der Waals surface area contributed by atoms with Gasteiger partial charge in [0.15, 0.2) is 0 Å². The lowest BCUT2D eigenvalue weighted by atomic mass is 10.0. The van der Waals surface area contributed by atoms with Crippen LogP contribution in [0.5, 0.6) is 0 Å². The summed E-state index contributed by atoms with van der Waals surface area (Å²) in [5.41, 5.74) is 4.90. The number of carbonyl (C=O) groups excluding carboxylic acids is 2. The third kappa shape index (κ3) is 4.73. The van der Waals surface area contributed by atoms with E-state index < -0.39 is 5.91 Å². The monoisotopic (exact) mass is 374 g/mol. The third-order valence-electron chi connectivity index (χ3n) is 4.26. The van der Waals surface area contributed by atoms with Gasteiger partial charge in [0.25, 0.3) is 11.8 Å². The van der Waals surface area contributed by atoms with Crippen molar-refractivity contribution in [3.8, 4) is 0 Å². The van der Waals surface area contributed by atoms with Crippen molar-refractivity contribution in [3.05, 3.63) is 77.9 Å². The Morgan fingerprint density at radius 2 is 1.68 bits per heavy atom. The van der Waals surface area contributed by atoms with Crippen LogP contribution in [0.2, 0.25) is 0 Å². The molecule has 2 N–H and O–H groups in total. The molecule has 3 rings (SSSR count). The maximum Gasteiger partial charge on any atom is 0.259 e. The van der Waals surface area contributed by atoms with E-state index in [2.05, 4.69) is 15.8 Å². The molecule has 6 nitrogen and oxygen atoms in total. The molecule has 6 heteroatoms. The minimum atomic E-state index is -0.394. The van der Waals surface area contributed by atoms with Crippen LogP contribution in [0.1, 0.15) is 15.9 Å². The van der Waals surface area contributed by atoms with Gasteiger partial charge in [-0.25, -0.2) is 5.43 Å². The van der Waals surface area contributed by atoms with Crippen molar-refractivity contribution < 1.29 is 9.59 Å². The Labute approximate surface area is 163 Å². The summed E-state index contributed by atoms with van der Waals surface area (Å²) in [6.07, 6.45) is 1.56. The SMILES string of the molecule is CN(C)c1ccc(/C=N\NC(=O)CNC(=O)c2cccc3ccccc23)cc1. The number of hydrazone groups is 1. The summed E-state index contributed by atoms with van der Waals surface area (Å²) in [4.78, 5) is 26.3. The fourth-order valence-electron chi connectivity index (χ4n) is 2.76. The van der Waals surface area contributed by atoms with Crippen LogP contribution in [-0.2, 0) is 4.79 Å². The van der Waals surface area contributed by atoms with Gasteiger partial charge in [-0.05, 0) is 34.5 Å². The van der Waals surface area contributed by atoms with Crippen molar-refractivity contribution in [1.82, 2.24) is 10.7 Å².